The molecule has 0 fully saturated rings. The molecule has 0 bridgehead atoms. The molecule has 1 amide bonds. The molecule has 32 heavy (non-hydrogen) atoms. The van der Waals surface area contributed by atoms with E-state index >= 15 is 0 Å². The Morgan fingerprint density at radius 1 is 1.03 bits per heavy atom. The van der Waals surface area contributed by atoms with Crippen LogP contribution in [0.1, 0.15) is 45.7 Å². The van der Waals surface area contributed by atoms with Crippen molar-refractivity contribution in [3.63, 3.8) is 0 Å². The molecule has 1 aromatic heterocycles. The number of benzene rings is 2. The van der Waals surface area contributed by atoms with Crippen LogP contribution >= 0.6 is 11.8 Å². The zero-order chi connectivity index (χ0) is 23.1. The maximum atomic E-state index is 12.9. The maximum Gasteiger partial charge on any atom is 0.237 e. The number of anilines is 1. The van der Waals surface area contributed by atoms with Crippen LogP contribution in [0.4, 0.5) is 5.69 Å². The minimum Gasteiger partial charge on any atom is -0.493 e. The van der Waals surface area contributed by atoms with Gasteiger partial charge in [0.1, 0.15) is 0 Å². The van der Waals surface area contributed by atoms with Gasteiger partial charge in [0.2, 0.25) is 5.91 Å². The van der Waals surface area contributed by atoms with E-state index in [2.05, 4.69) is 24.0 Å². The van der Waals surface area contributed by atoms with Gasteiger partial charge >= 0.3 is 0 Å². The third-order valence-corrected chi connectivity index (χ3v) is 5.88. The lowest BCUT2D eigenvalue weighted by Crippen LogP contribution is -2.32. The molecule has 3 aromatic rings. The highest BCUT2D eigenvalue weighted by Gasteiger charge is 2.23. The van der Waals surface area contributed by atoms with E-state index in [0.29, 0.717) is 29.0 Å². The summed E-state index contributed by atoms with van der Waals surface area (Å²) in [5, 5.41) is 9.46. The molecule has 0 N–H and O–H groups in total. The van der Waals surface area contributed by atoms with Crippen LogP contribution in [-0.2, 0) is 4.79 Å². The first-order valence-electron chi connectivity index (χ1n) is 10.7. The Morgan fingerprint density at radius 2 is 1.69 bits per heavy atom. The average molecular weight is 455 g/mol. The molecule has 0 saturated carbocycles. The first-order valence-corrected chi connectivity index (χ1v) is 11.7. The molecule has 0 aliphatic heterocycles. The molecule has 0 aliphatic carbocycles. The van der Waals surface area contributed by atoms with E-state index in [1.165, 1.54) is 11.8 Å². The Hall–Kier alpha value is -3.00. The molecule has 8 heteroatoms. The molecule has 7 nitrogen and oxygen atoms in total. The zero-order valence-electron chi connectivity index (χ0n) is 19.2. The van der Waals surface area contributed by atoms with E-state index in [1.807, 2.05) is 73.0 Å². The van der Waals surface area contributed by atoms with Gasteiger partial charge in [0.05, 0.1) is 12.9 Å². The molecule has 0 spiro atoms. The standard InChI is InChI=1S/C24H30N4O3S/c1-6-27(19-12-8-7-9-13-19)22(29)16-32-24-26-25-23(28(24)17(2)3)18(4)31-21-15-11-10-14-20(21)30-5/h7-15,17-18H,6,16H2,1-5H3. The van der Waals surface area contributed by atoms with Gasteiger partial charge in [-0.25, -0.2) is 0 Å². The van der Waals surface area contributed by atoms with E-state index < -0.39 is 0 Å². The lowest BCUT2D eigenvalue weighted by Gasteiger charge is -2.21. The molecule has 3 rings (SSSR count). The maximum absolute atomic E-state index is 12.9. The predicted molar refractivity (Wildman–Crippen MR) is 128 cm³/mol. The normalized spacial score (nSPS) is 11.9. The van der Waals surface area contributed by atoms with E-state index in [0.717, 1.165) is 5.69 Å². The zero-order valence-corrected chi connectivity index (χ0v) is 20.0. The van der Waals surface area contributed by atoms with Crippen LogP contribution in [0.25, 0.3) is 0 Å². The number of hydrogen-bond acceptors (Lipinski definition) is 6. The summed E-state index contributed by atoms with van der Waals surface area (Å²) < 4.78 is 13.5. The van der Waals surface area contributed by atoms with Crippen molar-refractivity contribution in [1.82, 2.24) is 14.8 Å². The quantitative estimate of drug-likeness (QED) is 0.395. The van der Waals surface area contributed by atoms with Crippen LogP contribution in [-0.4, -0.2) is 40.1 Å². The van der Waals surface area contributed by atoms with E-state index in [9.17, 15) is 4.79 Å². The molecule has 1 unspecified atom stereocenters. The van der Waals surface area contributed by atoms with Crippen molar-refractivity contribution in [3.8, 4) is 11.5 Å². The van der Waals surface area contributed by atoms with Crippen LogP contribution in [0.2, 0.25) is 0 Å². The molecule has 1 heterocycles. The number of amides is 1. The van der Waals surface area contributed by atoms with Crippen LogP contribution in [0, 0.1) is 0 Å². The van der Waals surface area contributed by atoms with Crippen LogP contribution in [0.5, 0.6) is 11.5 Å². The first kappa shape index (κ1) is 23.7. The average Bonchev–Trinajstić information content (AvgIpc) is 3.24. The number of methoxy groups -OCH3 is 1. The van der Waals surface area contributed by atoms with Gasteiger partial charge in [-0.2, -0.15) is 0 Å². The lowest BCUT2D eigenvalue weighted by atomic mass is 10.3. The third kappa shape index (κ3) is 5.43. The van der Waals surface area contributed by atoms with Gasteiger partial charge < -0.3 is 18.9 Å². The highest BCUT2D eigenvalue weighted by molar-refractivity contribution is 7.99. The molecule has 0 radical (unpaired) electrons. The number of para-hydroxylation sites is 3. The van der Waals surface area contributed by atoms with Crippen molar-refractivity contribution in [3.05, 3.63) is 60.4 Å². The second-order valence-electron chi connectivity index (χ2n) is 7.48. The lowest BCUT2D eigenvalue weighted by molar-refractivity contribution is -0.116. The highest BCUT2D eigenvalue weighted by Crippen LogP contribution is 2.32. The fraction of sp³-hybridized carbons (Fsp3) is 0.375. The molecular formula is C24H30N4O3S. The second-order valence-corrected chi connectivity index (χ2v) is 8.42. The number of ether oxygens (including phenoxy) is 2. The molecule has 0 aliphatic rings. The summed E-state index contributed by atoms with van der Waals surface area (Å²) in [5.41, 5.74) is 0.894. The topological polar surface area (TPSA) is 69.5 Å². The van der Waals surface area contributed by atoms with Crippen molar-refractivity contribution >= 4 is 23.4 Å². The number of carbonyl (C=O) groups excluding carboxylic acids is 1. The van der Waals surface area contributed by atoms with Gasteiger partial charge in [0, 0.05) is 18.3 Å². The van der Waals surface area contributed by atoms with Crippen molar-refractivity contribution in [2.24, 2.45) is 0 Å². The number of aromatic nitrogens is 3. The predicted octanol–water partition coefficient (Wildman–Crippen LogP) is 5.15. The highest BCUT2D eigenvalue weighted by atomic mass is 32.2. The summed E-state index contributed by atoms with van der Waals surface area (Å²) in [6.45, 7) is 8.65. The van der Waals surface area contributed by atoms with Crippen LogP contribution in [0.15, 0.2) is 59.8 Å². The number of thioether (sulfide) groups is 1. The molecular weight excluding hydrogens is 424 g/mol. The largest absolute Gasteiger partial charge is 0.493 e. The Morgan fingerprint density at radius 3 is 2.31 bits per heavy atom. The van der Waals surface area contributed by atoms with Crippen LogP contribution < -0.4 is 14.4 Å². The second kappa shape index (κ2) is 11.0. The Labute approximate surface area is 193 Å². The number of hydrogen-bond donors (Lipinski definition) is 0. The molecule has 1 atom stereocenters. The van der Waals surface area contributed by atoms with Gasteiger partial charge in [-0.15, -0.1) is 10.2 Å². The van der Waals surface area contributed by atoms with Gasteiger partial charge in [0.15, 0.2) is 28.6 Å². The van der Waals surface area contributed by atoms with E-state index in [-0.39, 0.29) is 23.8 Å². The third-order valence-electron chi connectivity index (χ3n) is 4.95. The Kier molecular flexibility index (Phi) is 8.16. The summed E-state index contributed by atoms with van der Waals surface area (Å²) in [6.07, 6.45) is -0.345. The molecule has 0 saturated heterocycles. The number of rotatable bonds is 10. The van der Waals surface area contributed by atoms with E-state index in [4.69, 9.17) is 9.47 Å². The first-order chi connectivity index (χ1) is 15.5. The van der Waals surface area contributed by atoms with Crippen molar-refractivity contribution in [2.45, 2.75) is 45.0 Å². The monoisotopic (exact) mass is 454 g/mol. The van der Waals surface area contributed by atoms with Crippen molar-refractivity contribution < 1.29 is 14.3 Å². The summed E-state index contributed by atoms with van der Waals surface area (Å²) in [6, 6.07) is 17.3. The summed E-state index contributed by atoms with van der Waals surface area (Å²) in [4.78, 5) is 14.7. The fourth-order valence-corrected chi connectivity index (χ4v) is 4.37. The number of nitrogens with zero attached hydrogens (tertiary/aromatic N) is 4. The minimum atomic E-state index is -0.345. The number of carbonyl (C=O) groups is 1. The van der Waals surface area contributed by atoms with Gasteiger partial charge in [-0.1, -0.05) is 42.1 Å². The Bertz CT molecular complexity index is 1020. The van der Waals surface area contributed by atoms with Gasteiger partial charge in [-0.3, -0.25) is 4.79 Å². The smallest absolute Gasteiger partial charge is 0.237 e. The van der Waals surface area contributed by atoms with Crippen LogP contribution in [0.3, 0.4) is 0 Å². The van der Waals surface area contributed by atoms with Gasteiger partial charge in [0.25, 0.3) is 0 Å². The SMILES string of the molecule is CCN(C(=O)CSc1nnc(C(C)Oc2ccccc2OC)n1C(C)C)c1ccccc1. The Balaban J connectivity index is 1.75. The van der Waals surface area contributed by atoms with E-state index in [1.54, 1.807) is 12.0 Å². The summed E-state index contributed by atoms with van der Waals surface area (Å²) >= 11 is 1.39. The van der Waals surface area contributed by atoms with Crippen molar-refractivity contribution in [2.75, 3.05) is 24.3 Å². The fourth-order valence-electron chi connectivity index (χ4n) is 3.42. The summed E-state index contributed by atoms with van der Waals surface area (Å²) in [7, 11) is 1.62. The molecule has 170 valence electrons. The van der Waals surface area contributed by atoms with Gasteiger partial charge in [-0.05, 0) is 52.0 Å². The summed E-state index contributed by atoms with van der Waals surface area (Å²) in [5.74, 6) is 2.32. The van der Waals surface area contributed by atoms with Crippen molar-refractivity contribution in [1.29, 1.82) is 0 Å². The molecule has 2 aromatic carbocycles. The minimum absolute atomic E-state index is 0.0295.